The predicted octanol–water partition coefficient (Wildman–Crippen LogP) is 10.3. The molecule has 0 bridgehead atoms. The zero-order chi connectivity index (χ0) is 33.8. The molecule has 0 unspecified atom stereocenters. The van der Waals surface area contributed by atoms with Crippen molar-refractivity contribution in [2.45, 2.75) is 76.0 Å². The molecule has 0 aliphatic carbocycles. The first-order chi connectivity index (χ1) is 23.9. The molecule has 0 radical (unpaired) electrons. The Morgan fingerprint density at radius 1 is 0.449 bits per heavy atom. The Bertz CT molecular complexity index is 2210. The van der Waals surface area contributed by atoms with Gasteiger partial charge in [0.2, 0.25) is 0 Å². The molecule has 2 aliphatic rings. The summed E-state index contributed by atoms with van der Waals surface area (Å²) < 4.78 is 0. The van der Waals surface area contributed by atoms with Gasteiger partial charge in [0.25, 0.3) is 23.6 Å². The van der Waals surface area contributed by atoms with Gasteiger partial charge in [0, 0.05) is 44.5 Å². The van der Waals surface area contributed by atoms with Crippen molar-refractivity contribution in [1.29, 1.82) is 0 Å². The smallest absolute Gasteiger partial charge is 0.265 e. The number of fused-ring (bicyclic) bond motifs is 2. The van der Waals surface area contributed by atoms with Crippen LogP contribution in [0.25, 0.3) is 43.1 Å². The summed E-state index contributed by atoms with van der Waals surface area (Å²) in [7, 11) is 0. The van der Waals surface area contributed by atoms with Crippen molar-refractivity contribution in [3.63, 3.8) is 0 Å². The number of nitrogens with zero attached hydrogens (tertiary/aromatic N) is 2. The molecule has 4 amide bonds. The summed E-state index contributed by atoms with van der Waals surface area (Å²) in [6.45, 7) is 2.66. The minimum absolute atomic E-state index is 0.240. The van der Waals surface area contributed by atoms with Crippen molar-refractivity contribution in [2.24, 2.45) is 0 Å². The monoisotopic (exact) mass is 666 g/mol. The van der Waals surface area contributed by atoms with E-state index in [0.29, 0.717) is 45.3 Å². The Morgan fingerprint density at radius 2 is 0.837 bits per heavy atom. The number of benzene rings is 6. The molecule has 7 heteroatoms. The van der Waals surface area contributed by atoms with Crippen LogP contribution in [-0.2, 0) is 0 Å². The summed E-state index contributed by atoms with van der Waals surface area (Å²) in [6.07, 6.45) is 11.9. The lowest BCUT2D eigenvalue weighted by Crippen LogP contribution is -2.41. The summed E-state index contributed by atoms with van der Waals surface area (Å²) in [5.41, 5.74) is 2.52. The van der Waals surface area contributed by atoms with Crippen LogP contribution in [0.15, 0.2) is 77.7 Å². The average molecular weight is 667 g/mol. The molecule has 0 fully saturated rings. The molecular weight excluding hydrogens is 629 g/mol. The Balaban J connectivity index is 1.13. The van der Waals surface area contributed by atoms with Crippen LogP contribution in [0, 0.1) is 0 Å². The van der Waals surface area contributed by atoms with Crippen molar-refractivity contribution in [1.82, 2.24) is 4.90 Å². The Labute approximate surface area is 290 Å². The Kier molecular flexibility index (Phi) is 8.11. The van der Waals surface area contributed by atoms with Gasteiger partial charge in [0.1, 0.15) is 0 Å². The van der Waals surface area contributed by atoms with Gasteiger partial charge < -0.3 is 0 Å². The number of carbonyl (C=O) groups is 4. The lowest BCUT2D eigenvalue weighted by Gasteiger charge is -2.30. The van der Waals surface area contributed by atoms with Crippen LogP contribution in [0.2, 0.25) is 0 Å². The maximum Gasteiger partial charge on any atom is 0.265 e. The maximum absolute atomic E-state index is 13.9. The van der Waals surface area contributed by atoms with Crippen molar-refractivity contribution >= 4 is 85.0 Å². The van der Waals surface area contributed by atoms with E-state index in [9.17, 15) is 19.2 Å². The van der Waals surface area contributed by atoms with E-state index in [-0.39, 0.29) is 23.6 Å². The average Bonchev–Trinajstić information content (AvgIpc) is 3.11. The second-order valence-electron chi connectivity index (χ2n) is 13.5. The fourth-order valence-electron chi connectivity index (χ4n) is 8.11. The number of amides is 4. The topological polar surface area (TPSA) is 74.8 Å². The van der Waals surface area contributed by atoms with E-state index in [4.69, 9.17) is 0 Å². The van der Waals surface area contributed by atoms with E-state index in [2.05, 4.69) is 19.6 Å². The largest absolute Gasteiger partial charge is 0.274 e. The highest BCUT2D eigenvalue weighted by Crippen LogP contribution is 2.46. The third-order valence-electron chi connectivity index (χ3n) is 10.6. The maximum atomic E-state index is 13.9. The summed E-state index contributed by atoms with van der Waals surface area (Å²) >= 11 is 4.35. The number of imide groups is 2. The number of thiol groups is 1. The van der Waals surface area contributed by atoms with Crippen LogP contribution < -0.4 is 4.90 Å². The lowest BCUT2D eigenvalue weighted by atomic mass is 9.82. The van der Waals surface area contributed by atoms with E-state index >= 15 is 0 Å². The molecule has 6 aromatic rings. The number of hydrogen-bond acceptors (Lipinski definition) is 5. The molecule has 0 spiro atoms. The second kappa shape index (κ2) is 12.6. The number of anilines is 1. The first kappa shape index (κ1) is 31.5. The predicted molar refractivity (Wildman–Crippen MR) is 200 cm³/mol. The van der Waals surface area contributed by atoms with E-state index in [1.807, 2.05) is 36.4 Å². The molecule has 0 saturated heterocycles. The molecule has 246 valence electrons. The molecule has 0 saturated carbocycles. The van der Waals surface area contributed by atoms with Crippen LogP contribution in [-0.4, -0.2) is 35.1 Å². The van der Waals surface area contributed by atoms with Crippen LogP contribution in [0.1, 0.15) is 113 Å². The van der Waals surface area contributed by atoms with E-state index in [1.165, 1.54) is 54.7 Å². The first-order valence-corrected chi connectivity index (χ1v) is 18.1. The molecule has 0 atom stereocenters. The fraction of sp³-hybridized carbons (Fsp3) is 0.286. The second-order valence-corrected chi connectivity index (χ2v) is 14.1. The van der Waals surface area contributed by atoms with Gasteiger partial charge in [-0.2, -0.15) is 0 Å². The third kappa shape index (κ3) is 5.01. The van der Waals surface area contributed by atoms with Crippen molar-refractivity contribution < 1.29 is 19.2 Å². The zero-order valence-electron chi connectivity index (χ0n) is 27.7. The van der Waals surface area contributed by atoms with Gasteiger partial charge in [0.15, 0.2) is 0 Å². The SMILES string of the molecule is CCCCCCCCCCCCN1C(=O)c2ccc3c4ccc5c6c(ccc(c7ccc(c2c37)C1=O)c64)C(=O)N(c1ccc(S)cc1)C5=O. The standard InChI is InChI=1S/C42H38N2O4S/c1-2-3-4-5-6-7-8-9-10-11-24-43-39(45)31-20-16-27-29-18-22-33-38-34(42(48)44(41(33)47)25-12-14-26(49)15-13-25)23-19-30(36(29)38)28-17-21-32(40(43)46)37(31)35(27)28/h12-23,49H,2-11,24H2,1H3. The minimum atomic E-state index is -0.372. The van der Waals surface area contributed by atoms with Crippen molar-refractivity contribution in [2.75, 3.05) is 11.4 Å². The molecule has 0 aromatic heterocycles. The highest BCUT2D eigenvalue weighted by Gasteiger charge is 2.37. The number of hydrogen-bond donors (Lipinski definition) is 1. The van der Waals surface area contributed by atoms with Crippen LogP contribution >= 0.6 is 12.6 Å². The highest BCUT2D eigenvalue weighted by molar-refractivity contribution is 7.80. The van der Waals surface area contributed by atoms with Crippen molar-refractivity contribution in [3.8, 4) is 0 Å². The molecular formula is C42H38N2O4S. The van der Waals surface area contributed by atoms with Gasteiger partial charge in [-0.15, -0.1) is 12.6 Å². The van der Waals surface area contributed by atoms with Gasteiger partial charge in [0.05, 0.1) is 5.69 Å². The number of unbranched alkanes of at least 4 members (excludes halogenated alkanes) is 9. The van der Waals surface area contributed by atoms with Crippen LogP contribution in [0.5, 0.6) is 0 Å². The molecule has 0 N–H and O–H groups in total. The number of carbonyl (C=O) groups excluding carboxylic acids is 4. The van der Waals surface area contributed by atoms with Gasteiger partial charge in [-0.05, 0) is 87.3 Å². The normalized spacial score (nSPS) is 14.5. The molecule has 6 aromatic carbocycles. The Morgan fingerprint density at radius 3 is 1.27 bits per heavy atom. The van der Waals surface area contributed by atoms with Gasteiger partial charge >= 0.3 is 0 Å². The fourth-order valence-corrected chi connectivity index (χ4v) is 8.26. The summed E-state index contributed by atoms with van der Waals surface area (Å²) in [6, 6.07) is 22.0. The summed E-state index contributed by atoms with van der Waals surface area (Å²) in [5, 5.41) is 6.59. The molecule has 6 nitrogen and oxygen atoms in total. The minimum Gasteiger partial charge on any atom is -0.274 e. The van der Waals surface area contributed by atoms with E-state index in [1.54, 1.807) is 36.4 Å². The first-order valence-electron chi connectivity index (χ1n) is 17.6. The van der Waals surface area contributed by atoms with Crippen LogP contribution in [0.3, 0.4) is 0 Å². The number of rotatable bonds is 12. The molecule has 2 heterocycles. The van der Waals surface area contributed by atoms with E-state index in [0.717, 1.165) is 56.5 Å². The quantitative estimate of drug-likeness (QED) is 0.0464. The lowest BCUT2D eigenvalue weighted by molar-refractivity contribution is 0.0607. The molecule has 2 aliphatic heterocycles. The van der Waals surface area contributed by atoms with E-state index < -0.39 is 0 Å². The van der Waals surface area contributed by atoms with Gasteiger partial charge in [-0.3, -0.25) is 24.1 Å². The molecule has 8 rings (SSSR count). The molecule has 49 heavy (non-hydrogen) atoms. The third-order valence-corrected chi connectivity index (χ3v) is 10.9. The summed E-state index contributed by atoms with van der Waals surface area (Å²) in [4.78, 5) is 58.9. The van der Waals surface area contributed by atoms with Gasteiger partial charge in [-0.1, -0.05) is 89.0 Å². The zero-order valence-corrected chi connectivity index (χ0v) is 28.6. The highest BCUT2D eigenvalue weighted by atomic mass is 32.1. The van der Waals surface area contributed by atoms with Crippen molar-refractivity contribution in [3.05, 3.63) is 95.1 Å². The van der Waals surface area contributed by atoms with Gasteiger partial charge in [-0.25, -0.2) is 4.90 Å². The van der Waals surface area contributed by atoms with Crippen LogP contribution in [0.4, 0.5) is 5.69 Å². The summed E-state index contributed by atoms with van der Waals surface area (Å²) in [5.74, 6) is -1.23. The Hall–Kier alpha value is -4.75.